The van der Waals surface area contributed by atoms with Crippen LogP contribution in [0.2, 0.25) is 0 Å². The number of amides is 2. The molecule has 1 heterocycles. The first kappa shape index (κ1) is 25.4. The fourth-order valence-electron chi connectivity index (χ4n) is 9.93. The number of fused-ring (bicyclic) bond motifs is 5. The molecule has 1 N–H and O–H groups in total. The third kappa shape index (κ3) is 3.55. The molecular formula is C34H42N2O2. The van der Waals surface area contributed by atoms with E-state index in [1.165, 1.54) is 30.4 Å². The molecule has 2 aromatic rings. The predicted octanol–water partition coefficient (Wildman–Crippen LogP) is 6.32. The normalized spacial score (nSPS) is 36.3. The number of carbonyl (C=O) groups is 2. The highest BCUT2D eigenvalue weighted by molar-refractivity contribution is 5.89. The number of carbonyl (C=O) groups excluding carboxylic acids is 2. The second-order valence-corrected chi connectivity index (χ2v) is 13.0. The van der Waals surface area contributed by atoms with Gasteiger partial charge in [-0.3, -0.25) is 9.59 Å². The highest BCUT2D eigenvalue weighted by atomic mass is 16.2. The van der Waals surface area contributed by atoms with Gasteiger partial charge in [-0.05, 0) is 84.8 Å². The van der Waals surface area contributed by atoms with E-state index in [0.29, 0.717) is 29.7 Å². The van der Waals surface area contributed by atoms with Gasteiger partial charge in [0.2, 0.25) is 11.8 Å². The SMILES string of the molecule is CC(=O)NC(c1ccccc1)(c1ccccc1)[C@H]1CC[C@H]2[C@@H]3CC[C@H]4N(C)C(=O)C=C[C@]4(C)[C@H]3CC[C@]12C. The zero-order valence-electron chi connectivity index (χ0n) is 23.3. The molecule has 200 valence electrons. The second kappa shape index (κ2) is 9.10. The summed E-state index contributed by atoms with van der Waals surface area (Å²) in [6.07, 6.45) is 11.0. The van der Waals surface area contributed by atoms with Crippen molar-refractivity contribution in [2.75, 3.05) is 7.05 Å². The van der Waals surface area contributed by atoms with Gasteiger partial charge in [0, 0.05) is 25.4 Å². The van der Waals surface area contributed by atoms with Crippen LogP contribution in [0.1, 0.15) is 70.4 Å². The first-order chi connectivity index (χ1) is 18.2. The number of benzene rings is 2. The third-order valence-corrected chi connectivity index (χ3v) is 11.5. The van der Waals surface area contributed by atoms with E-state index in [9.17, 15) is 9.59 Å². The van der Waals surface area contributed by atoms with Gasteiger partial charge < -0.3 is 10.2 Å². The predicted molar refractivity (Wildman–Crippen MR) is 151 cm³/mol. The average Bonchev–Trinajstić information content (AvgIpc) is 3.28. The maximum atomic E-state index is 13.0. The lowest BCUT2D eigenvalue weighted by Crippen LogP contribution is -2.61. The fraction of sp³-hybridized carbons (Fsp3) is 0.529. The molecule has 0 unspecified atom stereocenters. The highest BCUT2D eigenvalue weighted by Crippen LogP contribution is 2.68. The minimum atomic E-state index is -0.566. The lowest BCUT2D eigenvalue weighted by Gasteiger charge is -2.61. The summed E-state index contributed by atoms with van der Waals surface area (Å²) in [4.78, 5) is 27.5. The Bertz CT molecular complexity index is 1200. The van der Waals surface area contributed by atoms with Crippen molar-refractivity contribution in [3.63, 3.8) is 0 Å². The van der Waals surface area contributed by atoms with Gasteiger partial charge in [-0.2, -0.15) is 0 Å². The van der Waals surface area contributed by atoms with Crippen molar-refractivity contribution in [3.05, 3.63) is 83.9 Å². The smallest absolute Gasteiger partial charge is 0.246 e. The van der Waals surface area contributed by atoms with E-state index in [0.717, 1.165) is 19.3 Å². The summed E-state index contributed by atoms with van der Waals surface area (Å²) in [5, 5.41) is 3.57. The summed E-state index contributed by atoms with van der Waals surface area (Å²) >= 11 is 0. The summed E-state index contributed by atoms with van der Waals surface area (Å²) in [5.41, 5.74) is 1.95. The van der Waals surface area contributed by atoms with E-state index in [-0.39, 0.29) is 22.6 Å². The number of nitrogens with zero attached hydrogens (tertiary/aromatic N) is 1. The van der Waals surface area contributed by atoms with Gasteiger partial charge in [-0.1, -0.05) is 80.6 Å². The molecule has 3 saturated carbocycles. The molecular weight excluding hydrogens is 468 g/mol. The van der Waals surface area contributed by atoms with E-state index in [4.69, 9.17) is 0 Å². The Morgan fingerprint density at radius 1 is 0.895 bits per heavy atom. The number of rotatable bonds is 4. The summed E-state index contributed by atoms with van der Waals surface area (Å²) < 4.78 is 0. The topological polar surface area (TPSA) is 49.4 Å². The monoisotopic (exact) mass is 510 g/mol. The van der Waals surface area contributed by atoms with Crippen LogP contribution in [0, 0.1) is 34.5 Å². The van der Waals surface area contributed by atoms with Crippen LogP contribution in [-0.2, 0) is 15.1 Å². The molecule has 3 aliphatic carbocycles. The largest absolute Gasteiger partial charge is 0.342 e. The first-order valence-corrected chi connectivity index (χ1v) is 14.6. The Morgan fingerprint density at radius 2 is 1.53 bits per heavy atom. The molecule has 4 nitrogen and oxygen atoms in total. The van der Waals surface area contributed by atoms with Crippen LogP contribution < -0.4 is 5.32 Å². The molecule has 6 rings (SSSR count). The molecule has 4 aliphatic rings. The number of hydrogen-bond donors (Lipinski definition) is 1. The quantitative estimate of drug-likeness (QED) is 0.523. The molecule has 0 radical (unpaired) electrons. The van der Waals surface area contributed by atoms with Crippen LogP contribution in [-0.4, -0.2) is 29.8 Å². The van der Waals surface area contributed by atoms with Gasteiger partial charge in [0.1, 0.15) is 0 Å². The second-order valence-electron chi connectivity index (χ2n) is 13.0. The van der Waals surface area contributed by atoms with E-state index >= 15 is 0 Å². The van der Waals surface area contributed by atoms with Gasteiger partial charge in [0.25, 0.3) is 0 Å². The Kier molecular flexibility index (Phi) is 6.09. The van der Waals surface area contributed by atoms with Crippen molar-refractivity contribution >= 4 is 11.8 Å². The van der Waals surface area contributed by atoms with Crippen molar-refractivity contribution in [2.45, 2.75) is 70.9 Å². The molecule has 1 aliphatic heterocycles. The minimum Gasteiger partial charge on any atom is -0.342 e. The van der Waals surface area contributed by atoms with Crippen LogP contribution >= 0.6 is 0 Å². The van der Waals surface area contributed by atoms with E-state index in [2.05, 4.69) is 85.9 Å². The van der Waals surface area contributed by atoms with Crippen molar-refractivity contribution < 1.29 is 9.59 Å². The standard InChI is InChI=1S/C34H42N2O2/c1-23(37)35-34(24-11-7-5-8-12-24,25-13-9-6-10-14-25)29-17-16-27-26-15-18-30-33(3,22-20-31(38)36(30)4)28(26)19-21-32(27,29)2/h5-14,20,22,26-30H,15-19,21H2,1-4H3,(H,35,37)/t26-,27-,28-,29-,30+,32-,33+/m0/s1. The lowest BCUT2D eigenvalue weighted by molar-refractivity contribution is -0.140. The molecule has 7 atom stereocenters. The van der Waals surface area contributed by atoms with Crippen molar-refractivity contribution in [1.29, 1.82) is 0 Å². The van der Waals surface area contributed by atoms with Crippen molar-refractivity contribution in [3.8, 4) is 0 Å². The molecule has 0 bridgehead atoms. The zero-order chi connectivity index (χ0) is 26.7. The fourth-order valence-corrected chi connectivity index (χ4v) is 9.93. The maximum absolute atomic E-state index is 13.0. The maximum Gasteiger partial charge on any atom is 0.246 e. The Balaban J connectivity index is 1.44. The molecule has 0 aromatic heterocycles. The summed E-state index contributed by atoms with van der Waals surface area (Å²) in [5.74, 6) is 2.32. The van der Waals surface area contributed by atoms with Crippen LogP contribution in [0.15, 0.2) is 72.8 Å². The van der Waals surface area contributed by atoms with Crippen LogP contribution in [0.25, 0.3) is 0 Å². The molecule has 0 saturated heterocycles. The summed E-state index contributed by atoms with van der Waals surface area (Å²) in [6.45, 7) is 6.62. The first-order valence-electron chi connectivity index (χ1n) is 14.6. The lowest BCUT2D eigenvalue weighted by atomic mass is 9.46. The third-order valence-electron chi connectivity index (χ3n) is 11.5. The van der Waals surface area contributed by atoms with Gasteiger partial charge >= 0.3 is 0 Å². The van der Waals surface area contributed by atoms with E-state index < -0.39 is 5.54 Å². The average molecular weight is 511 g/mol. The van der Waals surface area contributed by atoms with Gasteiger partial charge in [-0.25, -0.2) is 0 Å². The van der Waals surface area contributed by atoms with Crippen molar-refractivity contribution in [2.24, 2.45) is 34.5 Å². The number of nitrogens with one attached hydrogen (secondary N) is 1. The minimum absolute atomic E-state index is 0.0199. The van der Waals surface area contributed by atoms with Gasteiger partial charge in [0.15, 0.2) is 0 Å². The van der Waals surface area contributed by atoms with Crippen LogP contribution in [0.4, 0.5) is 0 Å². The number of hydrogen-bond acceptors (Lipinski definition) is 2. The Labute approximate surface area is 227 Å². The molecule has 38 heavy (non-hydrogen) atoms. The zero-order valence-corrected chi connectivity index (χ0v) is 23.3. The highest BCUT2D eigenvalue weighted by Gasteiger charge is 2.64. The van der Waals surface area contributed by atoms with Crippen LogP contribution in [0.5, 0.6) is 0 Å². The molecule has 4 heteroatoms. The molecule has 0 spiro atoms. The number of likely N-dealkylation sites (N-methyl/N-ethyl adjacent to an activating group) is 1. The Hall–Kier alpha value is -2.88. The molecule has 2 amide bonds. The van der Waals surface area contributed by atoms with Crippen LogP contribution in [0.3, 0.4) is 0 Å². The van der Waals surface area contributed by atoms with E-state index in [1.807, 2.05) is 18.0 Å². The Morgan fingerprint density at radius 3 is 2.13 bits per heavy atom. The molecule has 3 fully saturated rings. The van der Waals surface area contributed by atoms with Gasteiger partial charge in [0.05, 0.1) is 5.54 Å². The summed E-state index contributed by atoms with van der Waals surface area (Å²) in [6, 6.07) is 21.7. The summed E-state index contributed by atoms with van der Waals surface area (Å²) in [7, 11) is 2.00. The molecule has 2 aromatic carbocycles. The van der Waals surface area contributed by atoms with E-state index in [1.54, 1.807) is 6.92 Å². The van der Waals surface area contributed by atoms with Gasteiger partial charge in [-0.15, -0.1) is 0 Å². The van der Waals surface area contributed by atoms with Crippen molar-refractivity contribution in [1.82, 2.24) is 10.2 Å².